The van der Waals surface area contributed by atoms with Gasteiger partial charge in [-0.2, -0.15) is 0 Å². The quantitative estimate of drug-likeness (QED) is 0.650. The SMILES string of the molecule is O=[N+]([O-])c1ccc(NCc2cccc([N+](=O)[O-])c2Br)cc1. The number of hydrogen-bond acceptors (Lipinski definition) is 5. The Morgan fingerprint density at radius 1 is 1.00 bits per heavy atom. The van der Waals surface area contributed by atoms with Crippen LogP contribution in [0.1, 0.15) is 5.56 Å². The van der Waals surface area contributed by atoms with Crippen LogP contribution in [0.25, 0.3) is 0 Å². The van der Waals surface area contributed by atoms with Gasteiger partial charge in [-0.1, -0.05) is 12.1 Å². The summed E-state index contributed by atoms with van der Waals surface area (Å²) in [7, 11) is 0. The summed E-state index contributed by atoms with van der Waals surface area (Å²) < 4.78 is 0.421. The molecule has 0 bridgehead atoms. The summed E-state index contributed by atoms with van der Waals surface area (Å²) in [6.07, 6.45) is 0. The molecule has 0 aliphatic heterocycles. The van der Waals surface area contributed by atoms with E-state index >= 15 is 0 Å². The maximum absolute atomic E-state index is 10.8. The lowest BCUT2D eigenvalue weighted by molar-refractivity contribution is -0.385. The lowest BCUT2D eigenvalue weighted by Crippen LogP contribution is -2.02. The standard InChI is InChI=1S/C13H10BrN3O4/c14-13-9(2-1-3-12(13)17(20)21)8-15-10-4-6-11(7-5-10)16(18)19/h1-7,15H,8H2. The molecule has 0 radical (unpaired) electrons. The van der Waals surface area contributed by atoms with E-state index in [0.717, 1.165) is 5.56 Å². The van der Waals surface area contributed by atoms with Gasteiger partial charge in [-0.3, -0.25) is 20.2 Å². The average molecular weight is 352 g/mol. The number of nitrogens with zero attached hydrogens (tertiary/aromatic N) is 2. The van der Waals surface area contributed by atoms with Crippen molar-refractivity contribution in [1.29, 1.82) is 0 Å². The largest absolute Gasteiger partial charge is 0.381 e. The van der Waals surface area contributed by atoms with Gasteiger partial charge in [0, 0.05) is 30.4 Å². The molecule has 0 amide bonds. The first kappa shape index (κ1) is 14.9. The fraction of sp³-hybridized carbons (Fsp3) is 0.0769. The van der Waals surface area contributed by atoms with Crippen LogP contribution in [-0.4, -0.2) is 9.85 Å². The van der Waals surface area contributed by atoms with E-state index < -0.39 is 9.85 Å². The number of nitro benzene ring substituents is 2. The van der Waals surface area contributed by atoms with Gasteiger partial charge in [-0.05, 0) is 33.6 Å². The highest BCUT2D eigenvalue weighted by Crippen LogP contribution is 2.28. The topological polar surface area (TPSA) is 98.3 Å². The van der Waals surface area contributed by atoms with Gasteiger partial charge >= 0.3 is 0 Å². The van der Waals surface area contributed by atoms with Crippen molar-refractivity contribution in [3.8, 4) is 0 Å². The van der Waals surface area contributed by atoms with Crippen molar-refractivity contribution in [2.75, 3.05) is 5.32 Å². The minimum absolute atomic E-state index is 0.00185. The molecule has 0 aliphatic carbocycles. The number of hydrogen-bond donors (Lipinski definition) is 1. The lowest BCUT2D eigenvalue weighted by atomic mass is 10.2. The first-order valence-electron chi connectivity index (χ1n) is 5.89. The zero-order valence-corrected chi connectivity index (χ0v) is 12.2. The molecule has 0 atom stereocenters. The van der Waals surface area contributed by atoms with Crippen molar-refractivity contribution >= 4 is 33.0 Å². The molecule has 21 heavy (non-hydrogen) atoms. The van der Waals surface area contributed by atoms with Gasteiger partial charge in [-0.25, -0.2) is 0 Å². The second kappa shape index (κ2) is 6.31. The predicted octanol–water partition coefficient (Wildman–Crippen LogP) is 3.88. The van der Waals surface area contributed by atoms with E-state index in [0.29, 0.717) is 16.7 Å². The first-order chi connectivity index (χ1) is 9.99. The van der Waals surface area contributed by atoms with Gasteiger partial charge in [0.15, 0.2) is 0 Å². The lowest BCUT2D eigenvalue weighted by Gasteiger charge is -2.08. The van der Waals surface area contributed by atoms with E-state index in [1.165, 1.54) is 18.2 Å². The highest BCUT2D eigenvalue weighted by molar-refractivity contribution is 9.10. The van der Waals surface area contributed by atoms with Gasteiger partial charge in [0.2, 0.25) is 0 Å². The molecule has 0 fully saturated rings. The Labute approximate surface area is 128 Å². The predicted molar refractivity (Wildman–Crippen MR) is 81.2 cm³/mol. The third-order valence-corrected chi connectivity index (χ3v) is 3.73. The number of benzene rings is 2. The molecule has 0 saturated carbocycles. The molecule has 0 heterocycles. The van der Waals surface area contributed by atoms with Gasteiger partial charge in [0.1, 0.15) is 4.47 Å². The van der Waals surface area contributed by atoms with Crippen molar-refractivity contribution in [2.45, 2.75) is 6.54 Å². The van der Waals surface area contributed by atoms with E-state index in [1.54, 1.807) is 24.3 Å². The van der Waals surface area contributed by atoms with Crippen LogP contribution in [0.4, 0.5) is 17.1 Å². The number of halogens is 1. The van der Waals surface area contributed by atoms with Crippen molar-refractivity contribution in [2.24, 2.45) is 0 Å². The smallest absolute Gasteiger partial charge is 0.283 e. The van der Waals surface area contributed by atoms with Crippen LogP contribution in [0.3, 0.4) is 0 Å². The Bertz CT molecular complexity index is 688. The number of nitrogens with one attached hydrogen (secondary N) is 1. The van der Waals surface area contributed by atoms with Gasteiger partial charge in [-0.15, -0.1) is 0 Å². The van der Waals surface area contributed by atoms with Gasteiger partial charge < -0.3 is 5.32 Å². The van der Waals surface area contributed by atoms with E-state index in [2.05, 4.69) is 21.2 Å². The normalized spacial score (nSPS) is 10.1. The summed E-state index contributed by atoms with van der Waals surface area (Å²) in [5, 5.41) is 24.5. The van der Waals surface area contributed by atoms with Crippen molar-refractivity contribution in [1.82, 2.24) is 0 Å². The van der Waals surface area contributed by atoms with Crippen molar-refractivity contribution < 1.29 is 9.85 Å². The zero-order valence-electron chi connectivity index (χ0n) is 10.7. The minimum Gasteiger partial charge on any atom is -0.381 e. The van der Waals surface area contributed by atoms with E-state index in [4.69, 9.17) is 0 Å². The number of nitro groups is 2. The third-order valence-electron chi connectivity index (χ3n) is 2.82. The maximum atomic E-state index is 10.8. The van der Waals surface area contributed by atoms with Crippen LogP contribution < -0.4 is 5.32 Å². The highest BCUT2D eigenvalue weighted by atomic mass is 79.9. The molecular weight excluding hydrogens is 342 g/mol. The monoisotopic (exact) mass is 351 g/mol. The summed E-state index contributed by atoms with van der Waals surface area (Å²) in [6.45, 7) is 0.361. The van der Waals surface area contributed by atoms with Crippen LogP contribution in [-0.2, 0) is 6.54 Å². The fourth-order valence-electron chi connectivity index (χ4n) is 1.74. The molecule has 2 rings (SSSR count). The van der Waals surface area contributed by atoms with Crippen LogP contribution in [0.5, 0.6) is 0 Å². The Hall–Kier alpha value is -2.48. The number of rotatable bonds is 5. The Morgan fingerprint density at radius 2 is 1.67 bits per heavy atom. The summed E-state index contributed by atoms with van der Waals surface area (Å²) in [5.74, 6) is 0. The summed E-state index contributed by atoms with van der Waals surface area (Å²) >= 11 is 3.22. The van der Waals surface area contributed by atoms with E-state index in [-0.39, 0.29) is 11.4 Å². The molecule has 0 unspecified atom stereocenters. The number of anilines is 1. The summed E-state index contributed by atoms with van der Waals surface area (Å²) in [6, 6.07) is 10.7. The first-order valence-corrected chi connectivity index (χ1v) is 6.68. The molecule has 2 aromatic rings. The van der Waals surface area contributed by atoms with Crippen LogP contribution in [0.2, 0.25) is 0 Å². The molecule has 8 heteroatoms. The van der Waals surface area contributed by atoms with Gasteiger partial charge in [0.25, 0.3) is 11.4 Å². The van der Waals surface area contributed by atoms with E-state index in [9.17, 15) is 20.2 Å². The molecule has 0 spiro atoms. The molecule has 0 aliphatic rings. The highest BCUT2D eigenvalue weighted by Gasteiger charge is 2.14. The van der Waals surface area contributed by atoms with Crippen LogP contribution in [0, 0.1) is 20.2 Å². The molecule has 0 aromatic heterocycles. The molecule has 0 saturated heterocycles. The number of non-ortho nitro benzene ring substituents is 1. The van der Waals surface area contributed by atoms with E-state index in [1.807, 2.05) is 0 Å². The second-order valence-corrected chi connectivity index (χ2v) is 4.96. The zero-order chi connectivity index (χ0) is 15.4. The Kier molecular flexibility index (Phi) is 4.49. The molecular formula is C13H10BrN3O4. The van der Waals surface area contributed by atoms with Crippen molar-refractivity contribution in [3.63, 3.8) is 0 Å². The summed E-state index contributed by atoms with van der Waals surface area (Å²) in [4.78, 5) is 20.5. The van der Waals surface area contributed by atoms with Crippen molar-refractivity contribution in [3.05, 3.63) is 72.7 Å². The molecule has 7 nitrogen and oxygen atoms in total. The minimum atomic E-state index is -0.471. The molecule has 2 aromatic carbocycles. The average Bonchev–Trinajstić information content (AvgIpc) is 2.46. The molecule has 108 valence electrons. The Morgan fingerprint density at radius 3 is 2.24 bits per heavy atom. The molecule has 1 N–H and O–H groups in total. The third kappa shape index (κ3) is 3.54. The van der Waals surface area contributed by atoms with Gasteiger partial charge in [0.05, 0.1) is 9.85 Å². The second-order valence-electron chi connectivity index (χ2n) is 4.16. The Balaban J connectivity index is 2.11. The fourth-order valence-corrected chi connectivity index (χ4v) is 2.29. The van der Waals surface area contributed by atoms with Crippen LogP contribution in [0.15, 0.2) is 46.9 Å². The maximum Gasteiger partial charge on any atom is 0.283 e. The van der Waals surface area contributed by atoms with Crippen LogP contribution >= 0.6 is 15.9 Å². The summed E-state index contributed by atoms with van der Waals surface area (Å²) in [5.41, 5.74) is 1.43.